The highest BCUT2D eigenvalue weighted by Crippen LogP contribution is 2.35. The summed E-state index contributed by atoms with van der Waals surface area (Å²) in [6.07, 6.45) is 0. The minimum atomic E-state index is -0.859. The molecule has 0 atom stereocenters. The van der Waals surface area contributed by atoms with Crippen LogP contribution in [0, 0.1) is 5.82 Å². The van der Waals surface area contributed by atoms with Crippen molar-refractivity contribution < 1.29 is 13.9 Å². The third-order valence-electron chi connectivity index (χ3n) is 3.11. The van der Waals surface area contributed by atoms with Crippen molar-refractivity contribution in [3.05, 3.63) is 39.6 Å². The first-order valence-corrected chi connectivity index (χ1v) is 8.12. The van der Waals surface area contributed by atoms with Gasteiger partial charge in [0.15, 0.2) is 0 Å². The molecule has 1 aromatic carbocycles. The molecule has 0 bridgehead atoms. The van der Waals surface area contributed by atoms with Gasteiger partial charge >= 0.3 is 5.97 Å². The number of rotatable bonds is 4. The molecule has 0 saturated carbocycles. The molecule has 0 saturated heterocycles. The van der Waals surface area contributed by atoms with Crippen LogP contribution in [0.25, 0.3) is 10.6 Å². The predicted octanol–water partition coefficient (Wildman–Crippen LogP) is 4.55. The fourth-order valence-corrected chi connectivity index (χ4v) is 3.50. The van der Waals surface area contributed by atoms with Crippen molar-refractivity contribution >= 4 is 33.2 Å². The summed E-state index contributed by atoms with van der Waals surface area (Å²) in [5.41, 5.74) is 0.132. The van der Waals surface area contributed by atoms with Crippen molar-refractivity contribution in [1.29, 1.82) is 0 Å². The lowest BCUT2D eigenvalue weighted by Crippen LogP contribution is -2.31. The SMILES string of the molecule is CCOC(=O)C(C)(C)c1csc(-c2c(F)cccc2Br)n1. The van der Waals surface area contributed by atoms with Gasteiger partial charge in [-0.2, -0.15) is 0 Å². The van der Waals surface area contributed by atoms with Gasteiger partial charge < -0.3 is 4.74 Å². The van der Waals surface area contributed by atoms with E-state index in [9.17, 15) is 9.18 Å². The third kappa shape index (κ3) is 3.16. The summed E-state index contributed by atoms with van der Waals surface area (Å²) >= 11 is 4.64. The minimum Gasteiger partial charge on any atom is -0.465 e. The highest BCUT2D eigenvalue weighted by molar-refractivity contribution is 9.10. The average molecular weight is 372 g/mol. The van der Waals surface area contributed by atoms with Crippen LogP contribution in [-0.2, 0) is 14.9 Å². The molecular weight excluding hydrogens is 357 g/mol. The molecule has 0 aliphatic rings. The molecule has 21 heavy (non-hydrogen) atoms. The zero-order chi connectivity index (χ0) is 15.6. The standard InChI is InChI=1S/C15H15BrFNO2S/c1-4-20-14(19)15(2,3)11-8-21-13(18-11)12-9(16)6-5-7-10(12)17/h5-8H,4H2,1-3H3. The molecule has 2 rings (SSSR count). The van der Waals surface area contributed by atoms with E-state index in [-0.39, 0.29) is 11.8 Å². The van der Waals surface area contributed by atoms with Crippen LogP contribution in [0.15, 0.2) is 28.1 Å². The smallest absolute Gasteiger partial charge is 0.317 e. The van der Waals surface area contributed by atoms with Gasteiger partial charge in [0.25, 0.3) is 0 Å². The Morgan fingerprint density at radius 2 is 2.19 bits per heavy atom. The fraction of sp³-hybridized carbons (Fsp3) is 0.333. The minimum absolute atomic E-state index is 0.318. The van der Waals surface area contributed by atoms with Gasteiger partial charge in [-0.05, 0) is 48.8 Å². The number of aromatic nitrogens is 1. The zero-order valence-electron chi connectivity index (χ0n) is 11.9. The molecule has 0 spiro atoms. The Morgan fingerprint density at radius 3 is 2.81 bits per heavy atom. The predicted molar refractivity (Wildman–Crippen MR) is 84.9 cm³/mol. The zero-order valence-corrected chi connectivity index (χ0v) is 14.3. The lowest BCUT2D eigenvalue weighted by atomic mass is 9.90. The lowest BCUT2D eigenvalue weighted by Gasteiger charge is -2.19. The summed E-state index contributed by atoms with van der Waals surface area (Å²) in [6, 6.07) is 4.77. The van der Waals surface area contributed by atoms with Gasteiger partial charge in [-0.15, -0.1) is 11.3 Å². The molecule has 1 heterocycles. The summed E-state index contributed by atoms with van der Waals surface area (Å²) in [7, 11) is 0. The molecule has 0 unspecified atom stereocenters. The van der Waals surface area contributed by atoms with Crippen molar-refractivity contribution in [1.82, 2.24) is 4.98 Å². The maximum atomic E-state index is 14.0. The summed E-state index contributed by atoms with van der Waals surface area (Å²) in [4.78, 5) is 16.4. The number of carbonyl (C=O) groups excluding carboxylic acids is 1. The molecule has 112 valence electrons. The second kappa shape index (κ2) is 6.23. The Morgan fingerprint density at radius 1 is 1.48 bits per heavy atom. The Balaban J connectivity index is 2.41. The molecule has 0 fully saturated rings. The summed E-state index contributed by atoms with van der Waals surface area (Å²) in [6.45, 7) is 5.58. The maximum Gasteiger partial charge on any atom is 0.317 e. The van der Waals surface area contributed by atoms with Gasteiger partial charge in [0, 0.05) is 9.85 Å². The summed E-state index contributed by atoms with van der Waals surface area (Å²) < 4.78 is 19.7. The molecule has 0 radical (unpaired) electrons. The first kappa shape index (κ1) is 16.1. The Kier molecular flexibility index (Phi) is 4.78. The number of halogens is 2. The molecular formula is C15H15BrFNO2S. The summed E-state index contributed by atoms with van der Waals surface area (Å²) in [5, 5.41) is 2.30. The highest BCUT2D eigenvalue weighted by Gasteiger charge is 2.34. The van der Waals surface area contributed by atoms with Crippen LogP contribution < -0.4 is 0 Å². The third-order valence-corrected chi connectivity index (χ3v) is 4.63. The molecule has 6 heteroatoms. The van der Waals surface area contributed by atoms with Crippen molar-refractivity contribution in [2.45, 2.75) is 26.2 Å². The van der Waals surface area contributed by atoms with Crippen LogP contribution in [0.1, 0.15) is 26.5 Å². The molecule has 0 aliphatic carbocycles. The molecule has 3 nitrogen and oxygen atoms in total. The second-order valence-electron chi connectivity index (χ2n) is 4.98. The van der Waals surface area contributed by atoms with Crippen LogP contribution in [0.3, 0.4) is 0 Å². The van der Waals surface area contributed by atoms with Gasteiger partial charge in [-0.3, -0.25) is 4.79 Å². The monoisotopic (exact) mass is 371 g/mol. The van der Waals surface area contributed by atoms with Gasteiger partial charge in [0.1, 0.15) is 16.2 Å². The van der Waals surface area contributed by atoms with E-state index in [0.29, 0.717) is 27.3 Å². The van der Waals surface area contributed by atoms with E-state index in [4.69, 9.17) is 4.74 Å². The van der Waals surface area contributed by atoms with E-state index in [0.717, 1.165) is 0 Å². The quantitative estimate of drug-likeness (QED) is 0.739. The number of hydrogen-bond acceptors (Lipinski definition) is 4. The number of carbonyl (C=O) groups is 1. The molecule has 0 N–H and O–H groups in total. The number of thiazole rings is 1. The first-order chi connectivity index (χ1) is 9.87. The van der Waals surface area contributed by atoms with Crippen molar-refractivity contribution in [3.63, 3.8) is 0 Å². The maximum absolute atomic E-state index is 14.0. The molecule has 2 aromatic rings. The van der Waals surface area contributed by atoms with Crippen LogP contribution >= 0.6 is 27.3 Å². The van der Waals surface area contributed by atoms with Crippen molar-refractivity contribution in [3.8, 4) is 10.6 Å². The van der Waals surface area contributed by atoms with E-state index in [2.05, 4.69) is 20.9 Å². The first-order valence-electron chi connectivity index (χ1n) is 6.45. The van der Waals surface area contributed by atoms with Crippen LogP contribution in [0.4, 0.5) is 4.39 Å². The summed E-state index contributed by atoms with van der Waals surface area (Å²) in [5.74, 6) is -0.686. The topological polar surface area (TPSA) is 39.2 Å². The highest BCUT2D eigenvalue weighted by atomic mass is 79.9. The van der Waals surface area contributed by atoms with E-state index in [1.165, 1.54) is 17.4 Å². The van der Waals surface area contributed by atoms with E-state index in [1.807, 2.05) is 0 Å². The fourth-order valence-electron chi connectivity index (χ4n) is 1.79. The Labute approximate surface area is 135 Å². The number of hydrogen-bond donors (Lipinski definition) is 0. The van der Waals surface area contributed by atoms with Gasteiger partial charge in [0.2, 0.25) is 0 Å². The molecule has 0 amide bonds. The molecule has 0 aliphatic heterocycles. The Bertz CT molecular complexity index is 649. The Hall–Kier alpha value is -1.27. The number of ether oxygens (including phenoxy) is 1. The largest absolute Gasteiger partial charge is 0.465 e. The molecule has 1 aromatic heterocycles. The van der Waals surface area contributed by atoms with Crippen LogP contribution in [-0.4, -0.2) is 17.6 Å². The van der Waals surface area contributed by atoms with Gasteiger partial charge in [-0.1, -0.05) is 6.07 Å². The normalized spacial score (nSPS) is 11.5. The van der Waals surface area contributed by atoms with E-state index >= 15 is 0 Å². The van der Waals surface area contributed by atoms with Crippen molar-refractivity contribution in [2.75, 3.05) is 6.61 Å². The average Bonchev–Trinajstić information content (AvgIpc) is 2.89. The van der Waals surface area contributed by atoms with Gasteiger partial charge in [0.05, 0.1) is 17.9 Å². The van der Waals surface area contributed by atoms with Crippen LogP contribution in [0.5, 0.6) is 0 Å². The lowest BCUT2D eigenvalue weighted by molar-refractivity contribution is -0.148. The second-order valence-corrected chi connectivity index (χ2v) is 6.69. The van der Waals surface area contributed by atoms with Gasteiger partial charge in [-0.25, -0.2) is 9.37 Å². The number of esters is 1. The van der Waals surface area contributed by atoms with Crippen molar-refractivity contribution in [2.24, 2.45) is 0 Å². The van der Waals surface area contributed by atoms with Crippen LogP contribution in [0.2, 0.25) is 0 Å². The number of benzene rings is 1. The van der Waals surface area contributed by atoms with E-state index in [1.54, 1.807) is 38.3 Å². The van der Waals surface area contributed by atoms with E-state index < -0.39 is 5.41 Å². The number of nitrogens with zero attached hydrogens (tertiary/aromatic N) is 1.